The Morgan fingerprint density at radius 1 is 1.20 bits per heavy atom. The van der Waals surface area contributed by atoms with E-state index in [1.54, 1.807) is 4.57 Å². The first-order chi connectivity index (χ1) is 9.60. The Balaban J connectivity index is 2.38. The molecular weight excluding hydrogens is 397 g/mol. The van der Waals surface area contributed by atoms with Gasteiger partial charge in [-0.25, -0.2) is 13.8 Å². The molecule has 102 valence electrons. The summed E-state index contributed by atoms with van der Waals surface area (Å²) in [6, 6.07) is 9.65. The second-order valence-corrected chi connectivity index (χ2v) is 5.75. The van der Waals surface area contributed by atoms with Gasteiger partial charge in [0.25, 0.3) is 0 Å². The standard InChI is InChI=1S/C14H8ClF2IN2/c15-7-13-19-14-11(17)4-8(16)5-12(14)20(13)10-3-1-2-9(18)6-10/h1-6H,7H2. The number of aromatic nitrogens is 2. The van der Waals surface area contributed by atoms with E-state index in [4.69, 9.17) is 11.6 Å². The zero-order valence-electron chi connectivity index (χ0n) is 10.1. The quantitative estimate of drug-likeness (QED) is 0.449. The van der Waals surface area contributed by atoms with Crippen LogP contribution in [0.4, 0.5) is 8.78 Å². The lowest BCUT2D eigenvalue weighted by Gasteiger charge is -2.08. The second-order valence-electron chi connectivity index (χ2n) is 4.23. The summed E-state index contributed by atoms with van der Waals surface area (Å²) in [6.07, 6.45) is 0. The van der Waals surface area contributed by atoms with Crippen molar-refractivity contribution in [3.63, 3.8) is 0 Å². The maximum atomic E-state index is 13.8. The SMILES string of the molecule is Fc1cc(F)c2nc(CCl)n(-c3cccc(I)c3)c2c1. The summed E-state index contributed by atoms with van der Waals surface area (Å²) in [5.74, 6) is -0.729. The lowest BCUT2D eigenvalue weighted by molar-refractivity contribution is 0.590. The summed E-state index contributed by atoms with van der Waals surface area (Å²) in [6.45, 7) is 0. The second kappa shape index (κ2) is 5.29. The molecule has 0 saturated carbocycles. The zero-order valence-corrected chi connectivity index (χ0v) is 13.0. The van der Waals surface area contributed by atoms with E-state index in [0.29, 0.717) is 11.3 Å². The van der Waals surface area contributed by atoms with E-state index in [0.717, 1.165) is 15.3 Å². The van der Waals surface area contributed by atoms with Crippen LogP contribution in [0.1, 0.15) is 5.82 Å². The number of rotatable bonds is 2. The number of alkyl halides is 1. The summed E-state index contributed by atoms with van der Waals surface area (Å²) < 4.78 is 30.0. The molecule has 0 amide bonds. The van der Waals surface area contributed by atoms with Crippen LogP contribution in [0.5, 0.6) is 0 Å². The summed E-state index contributed by atoms with van der Waals surface area (Å²) >= 11 is 8.06. The number of fused-ring (bicyclic) bond motifs is 1. The molecule has 3 rings (SSSR count). The molecule has 1 heterocycles. The van der Waals surface area contributed by atoms with E-state index in [1.807, 2.05) is 24.3 Å². The van der Waals surface area contributed by atoms with Gasteiger partial charge < -0.3 is 0 Å². The van der Waals surface area contributed by atoms with Crippen molar-refractivity contribution in [1.82, 2.24) is 9.55 Å². The molecule has 20 heavy (non-hydrogen) atoms. The fraction of sp³-hybridized carbons (Fsp3) is 0.0714. The molecule has 0 N–H and O–H groups in total. The van der Waals surface area contributed by atoms with Crippen LogP contribution in [-0.4, -0.2) is 9.55 Å². The molecule has 2 nitrogen and oxygen atoms in total. The highest BCUT2D eigenvalue weighted by molar-refractivity contribution is 14.1. The molecule has 3 aromatic rings. The fourth-order valence-corrected chi connectivity index (χ4v) is 2.85. The monoisotopic (exact) mass is 404 g/mol. The highest BCUT2D eigenvalue weighted by Crippen LogP contribution is 2.26. The van der Waals surface area contributed by atoms with Crippen molar-refractivity contribution in [2.24, 2.45) is 0 Å². The first kappa shape index (κ1) is 13.8. The molecule has 0 aliphatic heterocycles. The summed E-state index contributed by atoms with van der Waals surface area (Å²) in [5.41, 5.74) is 1.28. The average Bonchev–Trinajstić information content (AvgIpc) is 2.77. The third-order valence-corrected chi connectivity index (χ3v) is 3.84. The van der Waals surface area contributed by atoms with Crippen molar-refractivity contribution in [2.75, 3.05) is 0 Å². The molecule has 0 aliphatic rings. The first-order valence-electron chi connectivity index (χ1n) is 5.78. The Morgan fingerprint density at radius 3 is 2.70 bits per heavy atom. The summed E-state index contributed by atoms with van der Waals surface area (Å²) in [4.78, 5) is 4.16. The molecule has 0 fully saturated rings. The van der Waals surface area contributed by atoms with Crippen molar-refractivity contribution < 1.29 is 8.78 Å². The number of nitrogens with zero attached hydrogens (tertiary/aromatic N) is 2. The molecular formula is C14H8ClF2IN2. The third kappa shape index (κ3) is 2.29. The molecule has 0 atom stereocenters. The third-order valence-electron chi connectivity index (χ3n) is 2.93. The molecule has 6 heteroatoms. The molecule has 0 saturated heterocycles. The van der Waals surface area contributed by atoms with Crippen LogP contribution >= 0.6 is 34.2 Å². The van der Waals surface area contributed by atoms with Crippen LogP contribution in [-0.2, 0) is 5.88 Å². The van der Waals surface area contributed by atoms with Gasteiger partial charge in [-0.15, -0.1) is 11.6 Å². The lowest BCUT2D eigenvalue weighted by atomic mass is 10.2. The lowest BCUT2D eigenvalue weighted by Crippen LogP contribution is -1.99. The minimum absolute atomic E-state index is 0.112. The normalized spacial score (nSPS) is 11.2. The molecule has 0 unspecified atom stereocenters. The van der Waals surface area contributed by atoms with Crippen molar-refractivity contribution in [3.8, 4) is 5.69 Å². The number of hydrogen-bond donors (Lipinski definition) is 0. The Hall–Kier alpha value is -1.21. The van der Waals surface area contributed by atoms with E-state index < -0.39 is 11.6 Å². The molecule has 0 aliphatic carbocycles. The molecule has 0 radical (unpaired) electrons. The van der Waals surface area contributed by atoms with Gasteiger partial charge >= 0.3 is 0 Å². The molecule has 1 aromatic heterocycles. The summed E-state index contributed by atoms with van der Waals surface area (Å²) in [5, 5.41) is 0. The Kier molecular flexibility index (Phi) is 3.64. The first-order valence-corrected chi connectivity index (χ1v) is 7.40. The van der Waals surface area contributed by atoms with E-state index in [9.17, 15) is 8.78 Å². The molecule has 2 aromatic carbocycles. The maximum absolute atomic E-state index is 13.8. The average molecular weight is 405 g/mol. The maximum Gasteiger partial charge on any atom is 0.153 e. The van der Waals surface area contributed by atoms with Gasteiger partial charge in [0.1, 0.15) is 17.2 Å². The van der Waals surface area contributed by atoms with Crippen LogP contribution in [0.15, 0.2) is 36.4 Å². The Bertz CT molecular complexity index is 801. The van der Waals surface area contributed by atoms with E-state index in [-0.39, 0.29) is 11.4 Å². The molecule has 0 bridgehead atoms. The highest BCUT2D eigenvalue weighted by atomic mass is 127. The van der Waals surface area contributed by atoms with Crippen LogP contribution in [0, 0.1) is 15.2 Å². The Morgan fingerprint density at radius 2 is 2.00 bits per heavy atom. The van der Waals surface area contributed by atoms with Crippen molar-refractivity contribution >= 4 is 45.2 Å². The van der Waals surface area contributed by atoms with Crippen LogP contribution in [0.25, 0.3) is 16.7 Å². The number of imidazole rings is 1. The zero-order chi connectivity index (χ0) is 14.3. The van der Waals surface area contributed by atoms with Gasteiger partial charge in [0.15, 0.2) is 5.82 Å². The number of halogens is 4. The fourth-order valence-electron chi connectivity index (χ4n) is 2.14. The Labute approximate surface area is 132 Å². The van der Waals surface area contributed by atoms with E-state index in [2.05, 4.69) is 27.6 Å². The van der Waals surface area contributed by atoms with Gasteiger partial charge in [-0.05, 0) is 40.8 Å². The highest BCUT2D eigenvalue weighted by Gasteiger charge is 2.16. The number of benzene rings is 2. The van der Waals surface area contributed by atoms with Gasteiger partial charge in [0.05, 0.1) is 11.4 Å². The van der Waals surface area contributed by atoms with Gasteiger partial charge in [-0.2, -0.15) is 0 Å². The minimum atomic E-state index is -0.684. The van der Waals surface area contributed by atoms with E-state index >= 15 is 0 Å². The number of hydrogen-bond acceptors (Lipinski definition) is 1. The van der Waals surface area contributed by atoms with Gasteiger partial charge in [-0.3, -0.25) is 4.57 Å². The predicted molar refractivity (Wildman–Crippen MR) is 83.3 cm³/mol. The smallest absolute Gasteiger partial charge is 0.153 e. The molecule has 0 spiro atoms. The van der Waals surface area contributed by atoms with Crippen molar-refractivity contribution in [2.45, 2.75) is 5.88 Å². The van der Waals surface area contributed by atoms with Crippen LogP contribution < -0.4 is 0 Å². The van der Waals surface area contributed by atoms with Gasteiger partial charge in [0.2, 0.25) is 0 Å². The summed E-state index contributed by atoms with van der Waals surface area (Å²) in [7, 11) is 0. The van der Waals surface area contributed by atoms with Crippen molar-refractivity contribution in [1.29, 1.82) is 0 Å². The topological polar surface area (TPSA) is 17.8 Å². The van der Waals surface area contributed by atoms with E-state index in [1.165, 1.54) is 6.07 Å². The van der Waals surface area contributed by atoms with Gasteiger partial charge in [0, 0.05) is 21.4 Å². The largest absolute Gasteiger partial charge is 0.295 e. The van der Waals surface area contributed by atoms with Crippen molar-refractivity contribution in [3.05, 3.63) is 57.4 Å². The van der Waals surface area contributed by atoms with Crippen LogP contribution in [0.2, 0.25) is 0 Å². The van der Waals surface area contributed by atoms with Gasteiger partial charge in [-0.1, -0.05) is 6.07 Å². The predicted octanol–water partition coefficient (Wildman–Crippen LogP) is 4.65. The minimum Gasteiger partial charge on any atom is -0.295 e. The van der Waals surface area contributed by atoms with Crippen LogP contribution in [0.3, 0.4) is 0 Å².